The number of H-pyrrole nitrogens is 4. The number of aromatic nitrogens is 11. The Hall–Kier alpha value is -7.97. The third kappa shape index (κ3) is 9.45. The molecular weight excluding hydrogens is 831 g/mol. The van der Waals surface area contributed by atoms with Crippen LogP contribution in [0.1, 0.15) is 46.1 Å². The molecule has 332 valence electrons. The number of nitrogens with zero attached hydrogens (tertiary/aromatic N) is 7. The molecule has 9 aromatic rings. The number of imidazole rings is 2. The van der Waals surface area contributed by atoms with Gasteiger partial charge in [0, 0.05) is 46.4 Å². The van der Waals surface area contributed by atoms with Gasteiger partial charge >= 0.3 is 0 Å². The quantitative estimate of drug-likeness (QED) is 0.102. The number of hydrogen-bond donors (Lipinski definition) is 5. The van der Waals surface area contributed by atoms with Crippen molar-refractivity contribution in [3.8, 4) is 45.3 Å². The number of fused-ring (bicyclic) bond motifs is 2. The van der Waals surface area contributed by atoms with Gasteiger partial charge < -0.3 is 15.3 Å². The fourth-order valence-corrected chi connectivity index (χ4v) is 7.95. The number of pyridine rings is 3. The van der Waals surface area contributed by atoms with E-state index in [0.717, 1.165) is 103 Å². The number of benzene rings is 2. The summed E-state index contributed by atoms with van der Waals surface area (Å²) in [6.45, 7) is 18.5. The van der Waals surface area contributed by atoms with Crippen LogP contribution in [0.15, 0.2) is 116 Å². The van der Waals surface area contributed by atoms with Crippen LogP contribution in [-0.4, -0.2) is 68.4 Å². The molecule has 1 fully saturated rings. The standard InChI is InChI=1S/C25H25FN6.C25H19FN6.C2H6/c1-3-21-20(14-15(2)16-8-11-27-12-9-16)23(32-31-21)25-29-22-19(10-13-28-24(22)30-25)17-4-6-18(26)7-5-17;1-3-21-20(13-15(2)16-7-10-27-11-8-16)23(32-31-21)25-29-22-19(9-12-28-24(22)30-25)17-5-4-6-18(26)14-17;1-2/h3-7,10,13-14,16,27,31H,2,8-9,11-12H2,1H3,(H,28,29,30);3-14,31H,2H2,1H3,(H,28,29,30);1-2H3/b20-14+,21-3+;20-13+,21-3+;. The largest absolute Gasteiger partial charge is 0.335 e. The minimum Gasteiger partial charge on any atom is -0.335 e. The second-order valence-corrected chi connectivity index (χ2v) is 15.3. The molecule has 1 aliphatic rings. The lowest BCUT2D eigenvalue weighted by Gasteiger charge is -2.22. The highest BCUT2D eigenvalue weighted by atomic mass is 19.1. The molecule has 2 aromatic carbocycles. The van der Waals surface area contributed by atoms with Crippen LogP contribution >= 0.6 is 0 Å². The third-order valence-corrected chi connectivity index (χ3v) is 11.3. The van der Waals surface area contributed by atoms with E-state index >= 15 is 0 Å². The molecule has 0 amide bonds. The Kier molecular flexibility index (Phi) is 13.7. The number of allylic oxidation sites excluding steroid dienone is 2. The number of halogens is 2. The smallest absolute Gasteiger partial charge is 0.178 e. The lowest BCUT2D eigenvalue weighted by molar-refractivity contribution is 0.428. The van der Waals surface area contributed by atoms with Gasteiger partial charge in [-0.2, -0.15) is 10.2 Å². The van der Waals surface area contributed by atoms with E-state index in [2.05, 4.69) is 74.8 Å². The summed E-state index contributed by atoms with van der Waals surface area (Å²) in [6.07, 6.45) is 17.1. The lowest BCUT2D eigenvalue weighted by atomic mass is 9.90. The molecule has 1 aliphatic heterocycles. The average molecular weight is 881 g/mol. The summed E-state index contributed by atoms with van der Waals surface area (Å²) in [4.78, 5) is 29.0. The van der Waals surface area contributed by atoms with E-state index < -0.39 is 0 Å². The summed E-state index contributed by atoms with van der Waals surface area (Å²) in [5, 5.41) is 22.2. The Labute approximate surface area is 379 Å². The van der Waals surface area contributed by atoms with E-state index in [9.17, 15) is 8.78 Å². The van der Waals surface area contributed by atoms with Crippen molar-refractivity contribution in [3.63, 3.8) is 0 Å². The predicted octanol–water partition coefficient (Wildman–Crippen LogP) is 8.16. The van der Waals surface area contributed by atoms with Gasteiger partial charge in [-0.05, 0) is 129 Å². The van der Waals surface area contributed by atoms with Gasteiger partial charge in [0.15, 0.2) is 22.9 Å². The molecule has 0 saturated carbocycles. The van der Waals surface area contributed by atoms with Crippen LogP contribution in [0.4, 0.5) is 8.78 Å². The van der Waals surface area contributed by atoms with Gasteiger partial charge in [0.1, 0.15) is 23.0 Å². The summed E-state index contributed by atoms with van der Waals surface area (Å²) in [7, 11) is 0. The van der Waals surface area contributed by atoms with Gasteiger partial charge in [-0.3, -0.25) is 15.2 Å². The highest BCUT2D eigenvalue weighted by molar-refractivity contribution is 5.93. The van der Waals surface area contributed by atoms with Crippen LogP contribution in [0.25, 0.3) is 97.5 Å². The number of aromatic amines is 4. The van der Waals surface area contributed by atoms with Gasteiger partial charge in [-0.25, -0.2) is 28.7 Å². The third-order valence-electron chi connectivity index (χ3n) is 11.3. The SMILES string of the molecule is C=C(/C=c1/c(-c2nc3nccc(-c4ccc(F)cc4)c3[nH]2)n[nH]/c1=C/C)C1CCNCC1.C=C(/C=c1/c(-c2nc3nccc(-c4cccc(F)c4)c3[nH]2)n[nH]/c1=C/C)c1ccncc1.CC. The predicted molar refractivity (Wildman–Crippen MR) is 261 cm³/mol. The van der Waals surface area contributed by atoms with E-state index in [1.54, 1.807) is 43.0 Å². The molecule has 0 bridgehead atoms. The van der Waals surface area contributed by atoms with Gasteiger partial charge in [-0.1, -0.05) is 69.0 Å². The Bertz CT molecular complexity index is 3410. The fraction of sp³-hybridized carbons (Fsp3) is 0.173. The second kappa shape index (κ2) is 20.2. The molecular formula is C52H50F2N12. The number of nitrogens with one attached hydrogen (secondary N) is 5. The topological polar surface area (TPSA) is 165 Å². The molecule has 12 nitrogen and oxygen atoms in total. The van der Waals surface area contributed by atoms with Crippen molar-refractivity contribution in [3.05, 3.63) is 155 Å². The Morgan fingerprint density at radius 1 is 0.652 bits per heavy atom. The van der Waals surface area contributed by atoms with Crippen molar-refractivity contribution in [1.29, 1.82) is 0 Å². The maximum atomic E-state index is 13.8. The first-order valence-electron chi connectivity index (χ1n) is 21.9. The van der Waals surface area contributed by atoms with Crippen LogP contribution in [0, 0.1) is 17.6 Å². The molecule has 0 unspecified atom stereocenters. The van der Waals surface area contributed by atoms with E-state index in [-0.39, 0.29) is 11.6 Å². The lowest BCUT2D eigenvalue weighted by Crippen LogP contribution is -2.29. The number of hydrogen-bond acceptors (Lipinski definition) is 8. The molecule has 14 heteroatoms. The molecule has 8 heterocycles. The minimum absolute atomic E-state index is 0.265. The van der Waals surface area contributed by atoms with E-state index in [4.69, 9.17) is 4.98 Å². The molecule has 66 heavy (non-hydrogen) atoms. The maximum absolute atomic E-state index is 13.8. The average Bonchev–Trinajstić information content (AvgIpc) is 4.18. The highest BCUT2D eigenvalue weighted by Gasteiger charge is 2.19. The zero-order chi connectivity index (χ0) is 46.2. The summed E-state index contributed by atoms with van der Waals surface area (Å²) >= 11 is 0. The Balaban J connectivity index is 0.000000173. The van der Waals surface area contributed by atoms with Crippen molar-refractivity contribution in [1.82, 2.24) is 60.6 Å². The highest BCUT2D eigenvalue weighted by Crippen LogP contribution is 2.30. The van der Waals surface area contributed by atoms with Gasteiger partial charge in [0.2, 0.25) is 0 Å². The van der Waals surface area contributed by atoms with Gasteiger partial charge in [-0.15, -0.1) is 0 Å². The van der Waals surface area contributed by atoms with E-state index in [1.807, 2.05) is 76.3 Å². The molecule has 0 aliphatic carbocycles. The fourth-order valence-electron chi connectivity index (χ4n) is 7.95. The number of piperidine rings is 1. The minimum atomic E-state index is -0.297. The van der Waals surface area contributed by atoms with Crippen LogP contribution in [0.5, 0.6) is 0 Å². The van der Waals surface area contributed by atoms with Gasteiger partial charge in [0.05, 0.1) is 21.7 Å². The summed E-state index contributed by atoms with van der Waals surface area (Å²) in [5.74, 6) is 1.10. The molecule has 5 N–H and O–H groups in total. The van der Waals surface area contributed by atoms with Crippen LogP contribution in [-0.2, 0) is 0 Å². The Morgan fingerprint density at radius 2 is 1.21 bits per heavy atom. The normalized spacial score (nSPS) is 14.0. The van der Waals surface area contributed by atoms with Crippen LogP contribution in [0.2, 0.25) is 0 Å². The molecule has 0 radical (unpaired) electrons. The number of rotatable bonds is 8. The summed E-state index contributed by atoms with van der Waals surface area (Å²) in [6, 6.07) is 20.4. The van der Waals surface area contributed by atoms with Crippen molar-refractivity contribution in [2.75, 3.05) is 13.1 Å². The first-order chi connectivity index (χ1) is 32.3. The first kappa shape index (κ1) is 44.6. The van der Waals surface area contributed by atoms with Gasteiger partial charge in [0.25, 0.3) is 0 Å². The molecule has 10 rings (SSSR count). The first-order valence-corrected chi connectivity index (χ1v) is 21.9. The zero-order valence-corrected chi connectivity index (χ0v) is 37.3. The van der Waals surface area contributed by atoms with Crippen molar-refractivity contribution in [2.24, 2.45) is 5.92 Å². The van der Waals surface area contributed by atoms with Crippen LogP contribution < -0.4 is 26.5 Å². The Morgan fingerprint density at radius 3 is 1.77 bits per heavy atom. The van der Waals surface area contributed by atoms with Crippen molar-refractivity contribution < 1.29 is 8.78 Å². The second-order valence-electron chi connectivity index (χ2n) is 15.3. The van der Waals surface area contributed by atoms with Crippen molar-refractivity contribution >= 4 is 52.2 Å². The molecule has 0 atom stereocenters. The summed E-state index contributed by atoms with van der Waals surface area (Å²) in [5.41, 5.74) is 10.3. The van der Waals surface area contributed by atoms with Crippen molar-refractivity contribution in [2.45, 2.75) is 40.5 Å². The summed E-state index contributed by atoms with van der Waals surface area (Å²) < 4.78 is 27.2. The van der Waals surface area contributed by atoms with E-state index in [1.165, 1.54) is 24.3 Å². The van der Waals surface area contributed by atoms with Crippen LogP contribution in [0.3, 0.4) is 0 Å². The maximum Gasteiger partial charge on any atom is 0.178 e. The molecule has 1 saturated heterocycles. The zero-order valence-electron chi connectivity index (χ0n) is 37.3. The monoisotopic (exact) mass is 880 g/mol. The molecule has 0 spiro atoms. The molecule has 7 aromatic heterocycles. The van der Waals surface area contributed by atoms with E-state index in [0.29, 0.717) is 34.6 Å².